The molecule has 0 aliphatic carbocycles. The van der Waals surface area contributed by atoms with Crippen LogP contribution in [-0.4, -0.2) is 44.5 Å². The molecule has 2 heterocycles. The van der Waals surface area contributed by atoms with E-state index >= 15 is 0 Å². The first-order chi connectivity index (χ1) is 10.2. The van der Waals surface area contributed by atoms with Gasteiger partial charge in [-0.2, -0.15) is 4.37 Å². The summed E-state index contributed by atoms with van der Waals surface area (Å²) in [6, 6.07) is 7.52. The minimum atomic E-state index is -0.228. The molecule has 2 aromatic rings. The second-order valence-electron chi connectivity index (χ2n) is 5.08. The predicted molar refractivity (Wildman–Crippen MR) is 80.2 cm³/mol. The van der Waals surface area contributed by atoms with Gasteiger partial charge in [0.25, 0.3) is 5.91 Å². The summed E-state index contributed by atoms with van der Waals surface area (Å²) in [7, 11) is 0. The molecule has 1 aliphatic rings. The highest BCUT2D eigenvalue weighted by molar-refractivity contribution is 7.09. The molecular formula is C14H16N4O2S. The molecule has 1 atom stereocenters. The molecule has 0 unspecified atom stereocenters. The zero-order valence-electron chi connectivity index (χ0n) is 11.4. The highest BCUT2D eigenvalue weighted by Gasteiger charge is 2.20. The third-order valence-electron chi connectivity index (χ3n) is 3.42. The molecule has 1 aromatic carbocycles. The molecular weight excluding hydrogens is 288 g/mol. The van der Waals surface area contributed by atoms with Gasteiger partial charge in [0.1, 0.15) is 6.33 Å². The fraction of sp³-hybridized carbons (Fsp3) is 0.357. The van der Waals surface area contributed by atoms with Gasteiger partial charge in [0.05, 0.1) is 6.10 Å². The monoisotopic (exact) mass is 304 g/mol. The summed E-state index contributed by atoms with van der Waals surface area (Å²) < 4.78 is 3.85. The minimum absolute atomic E-state index is 0.185. The SMILES string of the molecule is O=C(Nc1ncns1)c1cccc(CN2CC[C@H](O)C2)c1. The average Bonchev–Trinajstić information content (AvgIpc) is 3.11. The van der Waals surface area contributed by atoms with Crippen molar-refractivity contribution in [3.63, 3.8) is 0 Å². The lowest BCUT2D eigenvalue weighted by Gasteiger charge is -2.15. The molecule has 110 valence electrons. The number of hydrogen-bond donors (Lipinski definition) is 2. The Kier molecular flexibility index (Phi) is 4.23. The molecule has 0 saturated carbocycles. The second kappa shape index (κ2) is 6.30. The van der Waals surface area contributed by atoms with E-state index < -0.39 is 0 Å². The summed E-state index contributed by atoms with van der Waals surface area (Å²) in [5.41, 5.74) is 1.66. The zero-order chi connectivity index (χ0) is 14.7. The molecule has 2 N–H and O–H groups in total. The van der Waals surface area contributed by atoms with Crippen LogP contribution in [0.2, 0.25) is 0 Å². The Bertz CT molecular complexity index is 617. The first kappa shape index (κ1) is 14.1. The van der Waals surface area contributed by atoms with Crippen molar-refractivity contribution >= 4 is 22.6 Å². The van der Waals surface area contributed by atoms with Crippen molar-refractivity contribution in [3.8, 4) is 0 Å². The number of aromatic nitrogens is 2. The zero-order valence-corrected chi connectivity index (χ0v) is 12.2. The Morgan fingerprint density at radius 3 is 3.14 bits per heavy atom. The number of carbonyl (C=O) groups is 1. The van der Waals surface area contributed by atoms with Gasteiger partial charge in [-0.3, -0.25) is 15.0 Å². The number of aliphatic hydroxyl groups excluding tert-OH is 1. The standard InChI is InChI=1S/C14H16N4O2S/c19-12-4-5-18(8-12)7-10-2-1-3-11(6-10)13(20)17-14-15-9-16-21-14/h1-3,6,9,12,19H,4-5,7-8H2,(H,15,16,17,20)/t12-/m0/s1. The lowest BCUT2D eigenvalue weighted by atomic mass is 10.1. The molecule has 21 heavy (non-hydrogen) atoms. The summed E-state index contributed by atoms with van der Waals surface area (Å²) in [6.45, 7) is 2.33. The van der Waals surface area contributed by atoms with Crippen LogP contribution in [0, 0.1) is 0 Å². The van der Waals surface area contributed by atoms with Crippen LogP contribution in [0.5, 0.6) is 0 Å². The number of likely N-dealkylation sites (tertiary alicyclic amines) is 1. The minimum Gasteiger partial charge on any atom is -0.392 e. The normalized spacial score (nSPS) is 18.8. The van der Waals surface area contributed by atoms with E-state index in [4.69, 9.17) is 0 Å². The quantitative estimate of drug-likeness (QED) is 0.891. The van der Waals surface area contributed by atoms with Gasteiger partial charge in [-0.25, -0.2) is 4.98 Å². The van der Waals surface area contributed by atoms with E-state index in [0.717, 1.165) is 36.6 Å². The van der Waals surface area contributed by atoms with Crippen LogP contribution < -0.4 is 5.32 Å². The number of rotatable bonds is 4. The summed E-state index contributed by atoms with van der Waals surface area (Å²) in [5, 5.41) is 12.8. The molecule has 1 amide bonds. The summed E-state index contributed by atoms with van der Waals surface area (Å²) >= 11 is 1.15. The molecule has 3 rings (SSSR count). The summed E-state index contributed by atoms with van der Waals surface area (Å²) in [5.74, 6) is -0.185. The van der Waals surface area contributed by atoms with Crippen molar-refractivity contribution in [3.05, 3.63) is 41.7 Å². The number of nitrogens with zero attached hydrogens (tertiary/aromatic N) is 3. The largest absolute Gasteiger partial charge is 0.392 e. The van der Waals surface area contributed by atoms with Gasteiger partial charge in [0.2, 0.25) is 5.13 Å². The number of aliphatic hydroxyl groups is 1. The number of carbonyl (C=O) groups excluding carboxylic acids is 1. The molecule has 1 fully saturated rings. The van der Waals surface area contributed by atoms with Crippen molar-refractivity contribution in [1.82, 2.24) is 14.3 Å². The number of amides is 1. The maximum atomic E-state index is 12.1. The fourth-order valence-electron chi connectivity index (χ4n) is 2.42. The van der Waals surface area contributed by atoms with Gasteiger partial charge >= 0.3 is 0 Å². The first-order valence-corrected chi connectivity index (χ1v) is 7.55. The van der Waals surface area contributed by atoms with E-state index in [1.807, 2.05) is 18.2 Å². The Morgan fingerprint density at radius 1 is 1.52 bits per heavy atom. The van der Waals surface area contributed by atoms with Gasteiger partial charge in [-0.05, 0) is 24.1 Å². The molecule has 1 aromatic heterocycles. The van der Waals surface area contributed by atoms with Gasteiger partial charge in [-0.1, -0.05) is 12.1 Å². The van der Waals surface area contributed by atoms with Crippen LogP contribution in [0.25, 0.3) is 0 Å². The number of anilines is 1. The van der Waals surface area contributed by atoms with Crippen LogP contribution in [-0.2, 0) is 6.54 Å². The van der Waals surface area contributed by atoms with E-state index in [2.05, 4.69) is 19.6 Å². The smallest absolute Gasteiger partial charge is 0.257 e. The predicted octanol–water partition coefficient (Wildman–Crippen LogP) is 1.36. The number of β-amino-alcohol motifs (C(OH)–C–C–N with tert-alkyl or cyclic N) is 1. The summed E-state index contributed by atoms with van der Waals surface area (Å²) in [4.78, 5) is 18.2. The van der Waals surface area contributed by atoms with Crippen molar-refractivity contribution in [2.45, 2.75) is 19.1 Å². The molecule has 7 heteroatoms. The van der Waals surface area contributed by atoms with Crippen molar-refractivity contribution < 1.29 is 9.90 Å². The number of benzene rings is 1. The first-order valence-electron chi connectivity index (χ1n) is 6.78. The third kappa shape index (κ3) is 3.63. The lowest BCUT2D eigenvalue weighted by molar-refractivity contribution is 0.102. The van der Waals surface area contributed by atoms with Crippen LogP contribution >= 0.6 is 11.5 Å². The van der Waals surface area contributed by atoms with E-state index in [0.29, 0.717) is 17.2 Å². The van der Waals surface area contributed by atoms with Crippen LogP contribution in [0.1, 0.15) is 22.3 Å². The van der Waals surface area contributed by atoms with Crippen LogP contribution in [0.15, 0.2) is 30.6 Å². The maximum Gasteiger partial charge on any atom is 0.257 e. The van der Waals surface area contributed by atoms with Gasteiger partial charge < -0.3 is 5.11 Å². The average molecular weight is 304 g/mol. The molecule has 0 bridgehead atoms. The van der Waals surface area contributed by atoms with E-state index in [9.17, 15) is 9.90 Å². The Hall–Kier alpha value is -1.83. The second-order valence-corrected chi connectivity index (χ2v) is 5.86. The molecule has 1 aliphatic heterocycles. The van der Waals surface area contributed by atoms with Crippen molar-refractivity contribution in [2.24, 2.45) is 0 Å². The van der Waals surface area contributed by atoms with Gasteiger partial charge in [0, 0.05) is 36.7 Å². The highest BCUT2D eigenvalue weighted by Crippen LogP contribution is 2.15. The number of nitrogens with one attached hydrogen (secondary N) is 1. The third-order valence-corrected chi connectivity index (χ3v) is 4.00. The molecule has 0 radical (unpaired) electrons. The maximum absolute atomic E-state index is 12.1. The Balaban J connectivity index is 1.66. The van der Waals surface area contributed by atoms with E-state index in [1.165, 1.54) is 6.33 Å². The van der Waals surface area contributed by atoms with Crippen LogP contribution in [0.3, 0.4) is 0 Å². The van der Waals surface area contributed by atoms with Gasteiger partial charge in [-0.15, -0.1) is 0 Å². The topological polar surface area (TPSA) is 78.4 Å². The van der Waals surface area contributed by atoms with E-state index in [-0.39, 0.29) is 12.0 Å². The molecule has 1 saturated heterocycles. The molecule has 6 nitrogen and oxygen atoms in total. The fourth-order valence-corrected chi connectivity index (χ4v) is 2.85. The molecule has 0 spiro atoms. The van der Waals surface area contributed by atoms with Crippen molar-refractivity contribution in [2.75, 3.05) is 18.4 Å². The van der Waals surface area contributed by atoms with Crippen LogP contribution in [0.4, 0.5) is 5.13 Å². The van der Waals surface area contributed by atoms with E-state index in [1.54, 1.807) is 6.07 Å². The Labute approximate surface area is 126 Å². The summed E-state index contributed by atoms with van der Waals surface area (Å²) in [6.07, 6.45) is 2.00. The lowest BCUT2D eigenvalue weighted by Crippen LogP contribution is -2.21. The highest BCUT2D eigenvalue weighted by atomic mass is 32.1. The van der Waals surface area contributed by atoms with Gasteiger partial charge in [0.15, 0.2) is 0 Å². The van der Waals surface area contributed by atoms with Crippen molar-refractivity contribution in [1.29, 1.82) is 0 Å². The number of hydrogen-bond acceptors (Lipinski definition) is 6. The Morgan fingerprint density at radius 2 is 2.43 bits per heavy atom.